The fourth-order valence-corrected chi connectivity index (χ4v) is 4.80. The van der Waals surface area contributed by atoms with E-state index in [1.165, 1.54) is 22.0 Å². The first-order valence-corrected chi connectivity index (χ1v) is 12.9. The highest BCUT2D eigenvalue weighted by molar-refractivity contribution is 5.97. The monoisotopic (exact) mass is 525 g/mol. The number of hydrogen-bond donors (Lipinski definition) is 2. The molecule has 38 heavy (non-hydrogen) atoms. The van der Waals surface area contributed by atoms with Crippen LogP contribution >= 0.6 is 0 Å². The Labute approximate surface area is 223 Å². The standard InChI is InChI=1S/C27H35N5O5.CH4/c1-27(2,3)20-12-17(13-22(23(20)35-4)36-11-10-33)21(34)14-31-26(28)32-24(29-31)18-6-5-7-19(18)25(30-32)37-15-16-8-9-16;/h12-13,16,28,33H,5-11,14-15H2,1-4H3;1H4. The summed E-state index contributed by atoms with van der Waals surface area (Å²) in [6.45, 7) is 6.55. The Balaban J connectivity index is 0.00000336. The zero-order valence-corrected chi connectivity index (χ0v) is 22.0. The molecule has 1 aromatic carbocycles. The van der Waals surface area contributed by atoms with Crippen molar-refractivity contribution in [2.24, 2.45) is 5.92 Å². The van der Waals surface area contributed by atoms with Gasteiger partial charge in [0, 0.05) is 22.3 Å². The smallest absolute Gasteiger partial charge is 0.242 e. The molecule has 2 aliphatic rings. The molecule has 10 nitrogen and oxygen atoms in total. The number of methoxy groups -OCH3 is 1. The van der Waals surface area contributed by atoms with Gasteiger partial charge in [-0.3, -0.25) is 10.2 Å². The van der Waals surface area contributed by atoms with E-state index in [0.717, 1.165) is 36.0 Å². The molecule has 2 aliphatic carbocycles. The molecule has 0 unspecified atom stereocenters. The number of ketones is 1. The fraction of sp³-hybridized carbons (Fsp3) is 0.571. The predicted molar refractivity (Wildman–Crippen MR) is 142 cm³/mol. The minimum absolute atomic E-state index is 0. The number of rotatable bonds is 10. The first kappa shape index (κ1) is 27.6. The van der Waals surface area contributed by atoms with Crippen molar-refractivity contribution in [3.63, 3.8) is 0 Å². The van der Waals surface area contributed by atoms with Crippen LogP contribution < -0.4 is 19.8 Å². The summed E-state index contributed by atoms with van der Waals surface area (Å²) < 4.78 is 20.3. The average molecular weight is 526 g/mol. The predicted octanol–water partition coefficient (Wildman–Crippen LogP) is 3.48. The Kier molecular flexibility index (Phi) is 7.83. The van der Waals surface area contributed by atoms with Gasteiger partial charge in [0.2, 0.25) is 11.5 Å². The van der Waals surface area contributed by atoms with Crippen LogP contribution in [0.3, 0.4) is 0 Å². The molecule has 2 heterocycles. The zero-order valence-electron chi connectivity index (χ0n) is 22.0. The molecule has 0 atom stereocenters. The number of aliphatic hydroxyl groups excluding tert-OH is 1. The van der Waals surface area contributed by atoms with Gasteiger partial charge >= 0.3 is 0 Å². The molecule has 2 N–H and O–H groups in total. The number of aromatic nitrogens is 4. The van der Waals surface area contributed by atoms with E-state index in [0.29, 0.717) is 41.1 Å². The van der Waals surface area contributed by atoms with Crippen molar-refractivity contribution >= 4 is 11.4 Å². The molecule has 0 bridgehead atoms. The van der Waals surface area contributed by atoms with Gasteiger partial charge < -0.3 is 19.3 Å². The lowest BCUT2D eigenvalue weighted by molar-refractivity contribution is 0.0964. The van der Waals surface area contributed by atoms with Crippen molar-refractivity contribution in [1.29, 1.82) is 5.41 Å². The summed E-state index contributed by atoms with van der Waals surface area (Å²) in [6, 6.07) is 3.44. The van der Waals surface area contributed by atoms with Crippen molar-refractivity contribution in [3.05, 3.63) is 40.0 Å². The molecule has 1 saturated carbocycles. The van der Waals surface area contributed by atoms with Crippen LogP contribution in [0, 0.1) is 11.3 Å². The van der Waals surface area contributed by atoms with E-state index in [2.05, 4.69) is 10.2 Å². The molecule has 206 valence electrons. The van der Waals surface area contributed by atoms with E-state index in [9.17, 15) is 9.90 Å². The first-order chi connectivity index (χ1) is 17.7. The van der Waals surface area contributed by atoms with E-state index < -0.39 is 0 Å². The van der Waals surface area contributed by atoms with Crippen LogP contribution in [0.1, 0.15) is 74.5 Å². The topological polar surface area (TPSA) is 124 Å². The van der Waals surface area contributed by atoms with Crippen LogP contribution in [0.4, 0.5) is 0 Å². The van der Waals surface area contributed by atoms with Gasteiger partial charge in [-0.25, -0.2) is 4.68 Å². The molecule has 5 rings (SSSR count). The highest BCUT2D eigenvalue weighted by atomic mass is 16.5. The Morgan fingerprint density at radius 1 is 1.16 bits per heavy atom. The molecule has 10 heteroatoms. The number of nitrogens with one attached hydrogen (secondary N) is 1. The summed E-state index contributed by atoms with van der Waals surface area (Å²) in [7, 11) is 1.56. The first-order valence-electron chi connectivity index (χ1n) is 12.9. The quantitative estimate of drug-likeness (QED) is 0.388. The minimum Gasteiger partial charge on any atom is -0.493 e. The fourth-order valence-electron chi connectivity index (χ4n) is 4.80. The summed E-state index contributed by atoms with van der Waals surface area (Å²) in [4.78, 5) is 13.5. The van der Waals surface area contributed by atoms with Gasteiger partial charge in [-0.15, -0.1) is 10.2 Å². The molecule has 0 aliphatic heterocycles. The second kappa shape index (κ2) is 10.8. The number of nitrogens with zero attached hydrogens (tertiary/aromatic N) is 4. The van der Waals surface area contributed by atoms with E-state index >= 15 is 0 Å². The number of aryl methyl sites for hydroxylation is 1. The molecule has 2 aromatic heterocycles. The molecule has 3 aromatic rings. The maximum atomic E-state index is 13.5. The molecular weight excluding hydrogens is 486 g/mol. The van der Waals surface area contributed by atoms with Crippen LogP contribution in [-0.2, 0) is 24.8 Å². The summed E-state index contributed by atoms with van der Waals surface area (Å²) in [6.07, 6.45) is 5.11. The van der Waals surface area contributed by atoms with Crippen molar-refractivity contribution in [2.75, 3.05) is 26.9 Å². The second-order valence-electron chi connectivity index (χ2n) is 10.9. The summed E-state index contributed by atoms with van der Waals surface area (Å²) in [5, 5.41) is 27.2. The molecule has 0 radical (unpaired) electrons. The number of carbonyl (C=O) groups is 1. The van der Waals surface area contributed by atoms with Gasteiger partial charge in [0.15, 0.2) is 22.9 Å². The number of ether oxygens (including phenoxy) is 3. The molecular formula is C28H39N5O5. The zero-order chi connectivity index (χ0) is 26.3. The van der Waals surface area contributed by atoms with Crippen LogP contribution in [0.2, 0.25) is 0 Å². The molecule has 0 saturated heterocycles. The molecule has 1 fully saturated rings. The van der Waals surface area contributed by atoms with Crippen LogP contribution in [0.15, 0.2) is 12.1 Å². The average Bonchev–Trinajstić information content (AvgIpc) is 3.47. The maximum Gasteiger partial charge on any atom is 0.242 e. The number of fused-ring (bicyclic) bond motifs is 3. The van der Waals surface area contributed by atoms with E-state index in [4.69, 9.17) is 19.6 Å². The van der Waals surface area contributed by atoms with Crippen molar-refractivity contribution < 1.29 is 24.1 Å². The minimum atomic E-state index is -0.322. The third-order valence-corrected chi connectivity index (χ3v) is 6.98. The lowest BCUT2D eigenvalue weighted by Crippen LogP contribution is -2.27. The second-order valence-corrected chi connectivity index (χ2v) is 10.9. The van der Waals surface area contributed by atoms with E-state index in [1.54, 1.807) is 13.2 Å². The lowest BCUT2D eigenvalue weighted by atomic mass is 9.84. The van der Waals surface area contributed by atoms with E-state index in [1.807, 2.05) is 26.8 Å². The largest absolute Gasteiger partial charge is 0.493 e. The molecule has 0 amide bonds. The van der Waals surface area contributed by atoms with Gasteiger partial charge in [0.05, 0.1) is 20.3 Å². The van der Waals surface area contributed by atoms with Crippen LogP contribution in [0.5, 0.6) is 17.4 Å². The van der Waals surface area contributed by atoms with Gasteiger partial charge in [-0.05, 0) is 55.6 Å². The van der Waals surface area contributed by atoms with Crippen LogP contribution in [0.25, 0.3) is 5.65 Å². The van der Waals surface area contributed by atoms with Gasteiger partial charge in [0.25, 0.3) is 0 Å². The number of carbonyl (C=O) groups excluding carboxylic acids is 1. The Morgan fingerprint density at radius 2 is 1.89 bits per heavy atom. The summed E-state index contributed by atoms with van der Waals surface area (Å²) in [5.41, 5.74) is 3.69. The third kappa shape index (κ3) is 5.27. The molecule has 0 spiro atoms. The highest BCUT2D eigenvalue weighted by Crippen LogP contribution is 2.40. The summed E-state index contributed by atoms with van der Waals surface area (Å²) in [5.74, 6) is 1.91. The Morgan fingerprint density at radius 3 is 2.55 bits per heavy atom. The Hall–Kier alpha value is -3.40. The number of benzene rings is 1. The number of aliphatic hydroxyl groups is 1. The van der Waals surface area contributed by atoms with Gasteiger partial charge in [0.1, 0.15) is 13.2 Å². The van der Waals surface area contributed by atoms with Crippen LogP contribution in [-0.4, -0.2) is 57.2 Å². The lowest BCUT2D eigenvalue weighted by Gasteiger charge is -2.25. The highest BCUT2D eigenvalue weighted by Gasteiger charge is 2.28. The van der Waals surface area contributed by atoms with Gasteiger partial charge in [-0.1, -0.05) is 28.2 Å². The normalized spacial score (nSPS) is 14.8. The maximum absolute atomic E-state index is 13.5. The number of hydrogen-bond acceptors (Lipinski definition) is 8. The summed E-state index contributed by atoms with van der Waals surface area (Å²) >= 11 is 0. The SMILES string of the molecule is C.COc1c(OCCO)cc(C(=O)Cn2nc3c4c(c(OCC5CC5)nn3c2=N)CCC4)cc1C(C)(C)C. The van der Waals surface area contributed by atoms with Gasteiger partial charge in [-0.2, -0.15) is 4.52 Å². The van der Waals surface area contributed by atoms with Crippen molar-refractivity contribution in [3.8, 4) is 17.4 Å². The number of Topliss-reactive ketones (excluding diaryl/α,β-unsaturated/α-hetero) is 1. The van der Waals surface area contributed by atoms with Crippen molar-refractivity contribution in [2.45, 2.75) is 72.3 Å². The van der Waals surface area contributed by atoms with Crippen molar-refractivity contribution in [1.82, 2.24) is 19.4 Å². The van der Waals surface area contributed by atoms with E-state index in [-0.39, 0.29) is 44.0 Å². The Bertz CT molecular complexity index is 1400. The third-order valence-electron chi connectivity index (χ3n) is 6.98.